The molecule has 2 saturated carbocycles. The van der Waals surface area contributed by atoms with Crippen molar-refractivity contribution in [3.63, 3.8) is 0 Å². The standard InChI is InChI=1S/C18H24O/c1-18-10-3-5-15(18)13-8-7-12-4-2-6-16(19)17(12)14(13)9-11-18/h2,4,6,13-15,19H,3,5,7-11H2,1H3/t13-,14+,15+,18+/m1/s1. The first-order valence-corrected chi connectivity index (χ1v) is 8.00. The average Bonchev–Trinajstić information content (AvgIpc) is 2.80. The van der Waals surface area contributed by atoms with Crippen molar-refractivity contribution in [1.29, 1.82) is 0 Å². The highest BCUT2D eigenvalue weighted by atomic mass is 16.3. The lowest BCUT2D eigenvalue weighted by atomic mass is 9.56. The number of fused-ring (bicyclic) bond motifs is 5. The van der Waals surface area contributed by atoms with Crippen molar-refractivity contribution in [2.45, 2.75) is 57.8 Å². The molecule has 0 aliphatic heterocycles. The molecular formula is C18H24O. The second kappa shape index (κ2) is 4.01. The topological polar surface area (TPSA) is 20.2 Å². The molecule has 0 amide bonds. The Balaban J connectivity index is 1.76. The predicted octanol–water partition coefficient (Wildman–Crippen LogP) is 4.64. The molecule has 2 fully saturated rings. The van der Waals surface area contributed by atoms with E-state index in [2.05, 4.69) is 13.0 Å². The third-order valence-corrected chi connectivity index (χ3v) is 6.51. The molecule has 4 rings (SSSR count). The van der Waals surface area contributed by atoms with E-state index >= 15 is 0 Å². The quantitative estimate of drug-likeness (QED) is 0.717. The first kappa shape index (κ1) is 11.8. The Kier molecular flexibility index (Phi) is 2.49. The molecular weight excluding hydrogens is 232 g/mol. The zero-order chi connectivity index (χ0) is 13.0. The number of phenols is 1. The Morgan fingerprint density at radius 3 is 2.95 bits per heavy atom. The normalized spacial score (nSPS) is 40.4. The van der Waals surface area contributed by atoms with Crippen molar-refractivity contribution >= 4 is 0 Å². The van der Waals surface area contributed by atoms with Crippen LogP contribution in [-0.4, -0.2) is 5.11 Å². The van der Waals surface area contributed by atoms with Crippen molar-refractivity contribution in [2.24, 2.45) is 17.3 Å². The highest BCUT2D eigenvalue weighted by molar-refractivity contribution is 5.44. The molecule has 0 bridgehead atoms. The summed E-state index contributed by atoms with van der Waals surface area (Å²) in [6, 6.07) is 6.13. The van der Waals surface area contributed by atoms with Gasteiger partial charge in [0, 0.05) is 5.56 Å². The first-order chi connectivity index (χ1) is 9.19. The highest BCUT2D eigenvalue weighted by Crippen LogP contribution is 2.61. The molecule has 3 aliphatic carbocycles. The number of hydrogen-bond acceptors (Lipinski definition) is 1. The Morgan fingerprint density at radius 1 is 1.16 bits per heavy atom. The second-order valence-corrected chi connectivity index (χ2v) is 7.35. The summed E-state index contributed by atoms with van der Waals surface area (Å²) in [5, 5.41) is 10.3. The summed E-state index contributed by atoms with van der Waals surface area (Å²) in [6.45, 7) is 2.53. The Morgan fingerprint density at radius 2 is 2.05 bits per heavy atom. The monoisotopic (exact) mass is 256 g/mol. The summed E-state index contributed by atoms with van der Waals surface area (Å²) in [6.07, 6.45) is 9.49. The number of rotatable bonds is 0. The Hall–Kier alpha value is -0.980. The van der Waals surface area contributed by atoms with Crippen LogP contribution in [0.3, 0.4) is 0 Å². The molecule has 0 saturated heterocycles. The maximum Gasteiger partial charge on any atom is 0.119 e. The van der Waals surface area contributed by atoms with Gasteiger partial charge < -0.3 is 5.11 Å². The zero-order valence-corrected chi connectivity index (χ0v) is 11.9. The molecule has 1 aromatic rings. The van der Waals surface area contributed by atoms with Gasteiger partial charge in [-0.2, -0.15) is 0 Å². The van der Waals surface area contributed by atoms with E-state index < -0.39 is 0 Å². The van der Waals surface area contributed by atoms with Gasteiger partial charge in [0.25, 0.3) is 0 Å². The number of aryl methyl sites for hydroxylation is 1. The van der Waals surface area contributed by atoms with Gasteiger partial charge >= 0.3 is 0 Å². The van der Waals surface area contributed by atoms with Crippen LogP contribution < -0.4 is 0 Å². The largest absolute Gasteiger partial charge is 0.508 e. The van der Waals surface area contributed by atoms with Crippen LogP contribution in [0.15, 0.2) is 18.2 Å². The van der Waals surface area contributed by atoms with E-state index in [1.54, 1.807) is 0 Å². The Bertz CT molecular complexity index is 506. The minimum Gasteiger partial charge on any atom is -0.508 e. The van der Waals surface area contributed by atoms with Gasteiger partial charge in [-0.3, -0.25) is 0 Å². The molecule has 0 radical (unpaired) electrons. The molecule has 1 nitrogen and oxygen atoms in total. The molecule has 0 heterocycles. The predicted molar refractivity (Wildman–Crippen MR) is 77.3 cm³/mol. The molecule has 4 atom stereocenters. The van der Waals surface area contributed by atoms with Gasteiger partial charge in [-0.05, 0) is 73.3 Å². The molecule has 102 valence electrons. The van der Waals surface area contributed by atoms with Gasteiger partial charge in [-0.15, -0.1) is 0 Å². The first-order valence-electron chi connectivity index (χ1n) is 8.00. The summed E-state index contributed by atoms with van der Waals surface area (Å²) >= 11 is 0. The summed E-state index contributed by atoms with van der Waals surface area (Å²) in [5.41, 5.74) is 3.35. The Labute approximate surface area is 116 Å². The number of hydrogen-bond donors (Lipinski definition) is 1. The molecule has 0 unspecified atom stereocenters. The minimum atomic E-state index is 0.564. The SMILES string of the molecule is C[C@@]12CCC[C@H]1[C@@H]1CCc3cccc(O)c3[C@H]1CC2. The summed E-state index contributed by atoms with van der Waals surface area (Å²) in [7, 11) is 0. The van der Waals surface area contributed by atoms with Gasteiger partial charge in [0.1, 0.15) is 5.75 Å². The van der Waals surface area contributed by atoms with Crippen molar-refractivity contribution in [1.82, 2.24) is 0 Å². The maximum absolute atomic E-state index is 10.3. The van der Waals surface area contributed by atoms with E-state index in [4.69, 9.17) is 0 Å². The van der Waals surface area contributed by atoms with E-state index in [1.165, 1.54) is 56.1 Å². The van der Waals surface area contributed by atoms with Crippen LogP contribution in [0.1, 0.15) is 62.5 Å². The molecule has 0 aromatic heterocycles. The fraction of sp³-hybridized carbons (Fsp3) is 0.667. The van der Waals surface area contributed by atoms with Gasteiger partial charge in [0.05, 0.1) is 0 Å². The number of aromatic hydroxyl groups is 1. The third-order valence-electron chi connectivity index (χ3n) is 6.51. The summed E-state index contributed by atoms with van der Waals surface area (Å²) in [4.78, 5) is 0. The van der Waals surface area contributed by atoms with Crippen molar-refractivity contribution in [3.8, 4) is 5.75 Å². The van der Waals surface area contributed by atoms with E-state index in [0.29, 0.717) is 17.1 Å². The van der Waals surface area contributed by atoms with Crippen LogP contribution in [0.5, 0.6) is 5.75 Å². The molecule has 1 heteroatoms. The maximum atomic E-state index is 10.3. The number of benzene rings is 1. The van der Waals surface area contributed by atoms with Crippen molar-refractivity contribution < 1.29 is 5.11 Å². The second-order valence-electron chi connectivity index (χ2n) is 7.35. The lowest BCUT2D eigenvalue weighted by Crippen LogP contribution is -2.39. The zero-order valence-electron chi connectivity index (χ0n) is 11.9. The molecule has 3 aliphatic rings. The summed E-state index contributed by atoms with van der Waals surface area (Å²) < 4.78 is 0. The van der Waals surface area contributed by atoms with E-state index in [9.17, 15) is 5.11 Å². The van der Waals surface area contributed by atoms with E-state index in [-0.39, 0.29) is 0 Å². The number of phenolic OH excluding ortho intramolecular Hbond substituents is 1. The van der Waals surface area contributed by atoms with Crippen LogP contribution in [0.2, 0.25) is 0 Å². The lowest BCUT2D eigenvalue weighted by molar-refractivity contribution is 0.0589. The van der Waals surface area contributed by atoms with Crippen molar-refractivity contribution in [2.75, 3.05) is 0 Å². The van der Waals surface area contributed by atoms with Crippen LogP contribution >= 0.6 is 0 Å². The molecule has 0 spiro atoms. The smallest absolute Gasteiger partial charge is 0.119 e. The lowest BCUT2D eigenvalue weighted by Gasteiger charge is -2.49. The molecule has 1 aromatic carbocycles. The van der Waals surface area contributed by atoms with Crippen LogP contribution in [-0.2, 0) is 6.42 Å². The molecule has 19 heavy (non-hydrogen) atoms. The fourth-order valence-corrected chi connectivity index (χ4v) is 5.61. The van der Waals surface area contributed by atoms with Crippen LogP contribution in [0.25, 0.3) is 0 Å². The van der Waals surface area contributed by atoms with Crippen LogP contribution in [0, 0.1) is 17.3 Å². The van der Waals surface area contributed by atoms with Crippen LogP contribution in [0.4, 0.5) is 0 Å². The van der Waals surface area contributed by atoms with Gasteiger partial charge in [0.2, 0.25) is 0 Å². The van der Waals surface area contributed by atoms with E-state index in [1.807, 2.05) is 12.1 Å². The van der Waals surface area contributed by atoms with Crippen molar-refractivity contribution in [3.05, 3.63) is 29.3 Å². The molecule has 1 N–H and O–H groups in total. The van der Waals surface area contributed by atoms with Gasteiger partial charge in [-0.25, -0.2) is 0 Å². The highest BCUT2D eigenvalue weighted by Gasteiger charge is 2.50. The van der Waals surface area contributed by atoms with E-state index in [0.717, 1.165) is 11.8 Å². The third kappa shape index (κ3) is 1.60. The van der Waals surface area contributed by atoms with Gasteiger partial charge in [-0.1, -0.05) is 25.5 Å². The fourth-order valence-electron chi connectivity index (χ4n) is 5.61. The average molecular weight is 256 g/mol. The van der Waals surface area contributed by atoms with Gasteiger partial charge in [0.15, 0.2) is 0 Å². The minimum absolute atomic E-state index is 0.564. The summed E-state index contributed by atoms with van der Waals surface area (Å²) in [5.74, 6) is 2.95.